The first-order valence-electron chi connectivity index (χ1n) is 6.98. The molecule has 5 heteroatoms. The highest BCUT2D eigenvalue weighted by molar-refractivity contribution is 5.86. The Labute approximate surface area is 129 Å². The second-order valence-electron chi connectivity index (χ2n) is 4.96. The molecule has 0 saturated carbocycles. The van der Waals surface area contributed by atoms with Gasteiger partial charge in [-0.2, -0.15) is 0 Å². The maximum absolute atomic E-state index is 11.8. The van der Waals surface area contributed by atoms with Crippen LogP contribution < -0.4 is 5.32 Å². The van der Waals surface area contributed by atoms with Gasteiger partial charge in [-0.15, -0.1) is 0 Å². The predicted octanol–water partition coefficient (Wildman–Crippen LogP) is 1.69. The Morgan fingerprint density at radius 1 is 1.09 bits per heavy atom. The maximum Gasteiger partial charge on any atom is 0.328 e. The van der Waals surface area contributed by atoms with Gasteiger partial charge in [-0.3, -0.25) is 4.79 Å². The number of esters is 1. The number of nitrogens with one attached hydrogen (secondary N) is 1. The zero-order chi connectivity index (χ0) is 15.9. The van der Waals surface area contributed by atoms with E-state index in [2.05, 4.69) is 5.32 Å². The molecule has 0 bridgehead atoms. The molecule has 5 nitrogen and oxygen atoms in total. The van der Waals surface area contributed by atoms with Gasteiger partial charge in [0.2, 0.25) is 5.91 Å². The standard InChI is InChI=1S/C17H19NO4/c1-21-11-16(19)18-15(17(20)22-2)10-12-7-8-13-5-3-4-6-14(13)9-12/h3-9,15H,10-11H2,1-2H3,(H,18,19)/t15-/m0/s1. The van der Waals surface area contributed by atoms with Crippen LogP contribution in [0.25, 0.3) is 10.8 Å². The van der Waals surface area contributed by atoms with Gasteiger partial charge in [-0.1, -0.05) is 42.5 Å². The molecule has 2 aromatic carbocycles. The van der Waals surface area contributed by atoms with Gasteiger partial charge in [0.05, 0.1) is 7.11 Å². The van der Waals surface area contributed by atoms with Crippen LogP contribution in [0.1, 0.15) is 5.56 Å². The predicted molar refractivity (Wildman–Crippen MR) is 83.5 cm³/mol. The monoisotopic (exact) mass is 301 g/mol. The van der Waals surface area contributed by atoms with Crippen molar-refractivity contribution in [1.82, 2.24) is 5.32 Å². The number of methoxy groups -OCH3 is 2. The smallest absolute Gasteiger partial charge is 0.328 e. The second-order valence-corrected chi connectivity index (χ2v) is 4.96. The van der Waals surface area contributed by atoms with E-state index >= 15 is 0 Å². The largest absolute Gasteiger partial charge is 0.467 e. The average molecular weight is 301 g/mol. The molecule has 0 aliphatic heterocycles. The lowest BCUT2D eigenvalue weighted by Gasteiger charge is -2.16. The number of carbonyl (C=O) groups is 2. The van der Waals surface area contributed by atoms with Crippen LogP contribution in [0.5, 0.6) is 0 Å². The van der Waals surface area contributed by atoms with Crippen LogP contribution >= 0.6 is 0 Å². The number of amides is 1. The summed E-state index contributed by atoms with van der Waals surface area (Å²) in [6, 6.07) is 13.2. The van der Waals surface area contributed by atoms with Crippen LogP contribution in [0, 0.1) is 0 Å². The summed E-state index contributed by atoms with van der Waals surface area (Å²) < 4.78 is 9.52. The van der Waals surface area contributed by atoms with Crippen LogP contribution in [0.4, 0.5) is 0 Å². The van der Waals surface area contributed by atoms with Gasteiger partial charge in [-0.25, -0.2) is 4.79 Å². The molecule has 0 unspecified atom stereocenters. The van der Waals surface area contributed by atoms with Gasteiger partial charge in [0.1, 0.15) is 12.6 Å². The Hall–Kier alpha value is -2.40. The van der Waals surface area contributed by atoms with E-state index in [0.29, 0.717) is 6.42 Å². The van der Waals surface area contributed by atoms with Crippen molar-refractivity contribution in [3.8, 4) is 0 Å². The number of fused-ring (bicyclic) bond motifs is 1. The van der Waals surface area contributed by atoms with E-state index < -0.39 is 12.0 Å². The zero-order valence-electron chi connectivity index (χ0n) is 12.7. The van der Waals surface area contributed by atoms with E-state index in [1.807, 2.05) is 42.5 Å². The van der Waals surface area contributed by atoms with Crippen LogP contribution in [0.3, 0.4) is 0 Å². The van der Waals surface area contributed by atoms with E-state index in [0.717, 1.165) is 16.3 Å². The molecule has 1 atom stereocenters. The minimum atomic E-state index is -0.728. The van der Waals surface area contributed by atoms with Gasteiger partial charge in [0.15, 0.2) is 0 Å². The minimum Gasteiger partial charge on any atom is -0.467 e. The second kappa shape index (κ2) is 7.56. The van der Waals surface area contributed by atoms with E-state index in [-0.39, 0.29) is 12.5 Å². The average Bonchev–Trinajstić information content (AvgIpc) is 2.53. The highest BCUT2D eigenvalue weighted by Crippen LogP contribution is 2.17. The number of ether oxygens (including phenoxy) is 2. The summed E-state index contributed by atoms with van der Waals surface area (Å²) in [6.07, 6.45) is 0.368. The molecule has 0 aliphatic carbocycles. The van der Waals surface area contributed by atoms with Crippen molar-refractivity contribution >= 4 is 22.6 Å². The van der Waals surface area contributed by atoms with Crippen molar-refractivity contribution in [1.29, 1.82) is 0 Å². The van der Waals surface area contributed by atoms with Gasteiger partial charge in [0.25, 0.3) is 0 Å². The van der Waals surface area contributed by atoms with Gasteiger partial charge in [-0.05, 0) is 16.3 Å². The summed E-state index contributed by atoms with van der Waals surface area (Å²) in [5.74, 6) is -0.823. The topological polar surface area (TPSA) is 64.6 Å². The molecule has 116 valence electrons. The first kappa shape index (κ1) is 16.0. The maximum atomic E-state index is 11.8. The normalized spacial score (nSPS) is 11.9. The lowest BCUT2D eigenvalue weighted by atomic mass is 10.0. The zero-order valence-corrected chi connectivity index (χ0v) is 12.7. The third-order valence-electron chi connectivity index (χ3n) is 3.35. The Bertz CT molecular complexity index is 669. The van der Waals surface area contributed by atoms with E-state index in [1.54, 1.807) is 0 Å². The van der Waals surface area contributed by atoms with Crippen molar-refractivity contribution in [2.45, 2.75) is 12.5 Å². The summed E-state index contributed by atoms with van der Waals surface area (Å²) in [7, 11) is 2.73. The van der Waals surface area contributed by atoms with Crippen molar-refractivity contribution in [3.63, 3.8) is 0 Å². The first-order chi connectivity index (χ1) is 10.6. The molecule has 0 spiro atoms. The third-order valence-corrected chi connectivity index (χ3v) is 3.35. The van der Waals surface area contributed by atoms with Gasteiger partial charge < -0.3 is 14.8 Å². The molecule has 1 N–H and O–H groups in total. The van der Waals surface area contributed by atoms with E-state index in [1.165, 1.54) is 14.2 Å². The molecule has 0 fully saturated rings. The quantitative estimate of drug-likeness (QED) is 0.825. The summed E-state index contributed by atoms with van der Waals surface area (Å²) in [4.78, 5) is 23.5. The molecule has 22 heavy (non-hydrogen) atoms. The molecule has 0 saturated heterocycles. The van der Waals surface area contributed by atoms with Gasteiger partial charge >= 0.3 is 5.97 Å². The third kappa shape index (κ3) is 4.05. The van der Waals surface area contributed by atoms with Crippen LogP contribution in [-0.4, -0.2) is 38.7 Å². The lowest BCUT2D eigenvalue weighted by molar-refractivity contribution is -0.145. The molecular formula is C17H19NO4. The minimum absolute atomic E-state index is 0.0920. The number of hydrogen-bond donors (Lipinski definition) is 1. The Kier molecular flexibility index (Phi) is 5.49. The molecule has 1 amide bonds. The fourth-order valence-corrected chi connectivity index (χ4v) is 2.30. The van der Waals surface area contributed by atoms with Crippen LogP contribution in [0.15, 0.2) is 42.5 Å². The molecule has 2 rings (SSSR count). The summed E-state index contributed by atoms with van der Waals surface area (Å²) in [5.41, 5.74) is 0.951. The molecule has 0 aromatic heterocycles. The Morgan fingerprint density at radius 2 is 1.82 bits per heavy atom. The van der Waals surface area contributed by atoms with Crippen molar-refractivity contribution in [3.05, 3.63) is 48.0 Å². The molecule has 0 heterocycles. The highest BCUT2D eigenvalue weighted by Gasteiger charge is 2.21. The lowest BCUT2D eigenvalue weighted by Crippen LogP contribution is -2.44. The fourth-order valence-electron chi connectivity index (χ4n) is 2.30. The number of benzene rings is 2. The van der Waals surface area contributed by atoms with Crippen LogP contribution in [0.2, 0.25) is 0 Å². The molecule has 2 aromatic rings. The summed E-state index contributed by atoms with van der Waals surface area (Å²) in [6.45, 7) is -0.0920. The first-order valence-corrected chi connectivity index (χ1v) is 6.98. The summed E-state index contributed by atoms with van der Waals surface area (Å²) >= 11 is 0. The fraction of sp³-hybridized carbons (Fsp3) is 0.294. The van der Waals surface area contributed by atoms with E-state index in [9.17, 15) is 9.59 Å². The molecular weight excluding hydrogens is 282 g/mol. The SMILES string of the molecule is COCC(=O)N[C@@H](Cc1ccc2ccccc2c1)C(=O)OC. The van der Waals surface area contributed by atoms with Crippen molar-refractivity contribution in [2.75, 3.05) is 20.8 Å². The number of hydrogen-bond acceptors (Lipinski definition) is 4. The van der Waals surface area contributed by atoms with Crippen LogP contribution in [-0.2, 0) is 25.5 Å². The Balaban J connectivity index is 2.17. The highest BCUT2D eigenvalue weighted by atomic mass is 16.5. The number of carbonyl (C=O) groups excluding carboxylic acids is 2. The van der Waals surface area contributed by atoms with Gasteiger partial charge in [0, 0.05) is 13.5 Å². The van der Waals surface area contributed by atoms with Crippen molar-refractivity contribution in [2.24, 2.45) is 0 Å². The number of rotatable bonds is 6. The molecule has 0 aliphatic rings. The molecule has 0 radical (unpaired) electrons. The van der Waals surface area contributed by atoms with E-state index in [4.69, 9.17) is 9.47 Å². The summed E-state index contributed by atoms with van der Waals surface area (Å²) in [5, 5.41) is 4.85. The van der Waals surface area contributed by atoms with Crippen molar-refractivity contribution < 1.29 is 19.1 Å². The Morgan fingerprint density at radius 3 is 2.50 bits per heavy atom.